The minimum absolute atomic E-state index is 0.160. The molecule has 1 atom stereocenters. The van der Waals surface area contributed by atoms with Crippen LogP contribution in [0.5, 0.6) is 5.75 Å². The van der Waals surface area contributed by atoms with Gasteiger partial charge in [-0.1, -0.05) is 30.9 Å². The number of aliphatic hydroxyl groups is 1. The first-order valence-electron chi connectivity index (χ1n) is 4.10. The predicted molar refractivity (Wildman–Crippen MR) is 51.4 cm³/mol. The van der Waals surface area contributed by atoms with E-state index in [0.29, 0.717) is 0 Å². The van der Waals surface area contributed by atoms with Gasteiger partial charge >= 0.3 is 0 Å². The quantitative estimate of drug-likeness (QED) is 0.760. The Labute approximate surface area is 78.5 Å². The van der Waals surface area contributed by atoms with Gasteiger partial charge in [0.15, 0.2) is 0 Å². The van der Waals surface area contributed by atoms with Gasteiger partial charge in [0.05, 0.1) is 0 Å². The van der Waals surface area contributed by atoms with Crippen LogP contribution in [0, 0.1) is 6.58 Å². The van der Waals surface area contributed by atoms with Gasteiger partial charge in [-0.25, -0.2) is 0 Å². The third kappa shape index (κ3) is 3.30. The van der Waals surface area contributed by atoms with E-state index in [0.717, 1.165) is 5.75 Å². The first kappa shape index (κ1) is 9.81. The minimum atomic E-state index is -1.07. The van der Waals surface area contributed by atoms with E-state index in [1.807, 2.05) is 30.3 Å². The maximum absolute atomic E-state index is 9.48. The molecule has 0 aliphatic carbocycles. The zero-order valence-electron chi connectivity index (χ0n) is 7.60. The van der Waals surface area contributed by atoms with Crippen molar-refractivity contribution in [2.75, 3.05) is 6.61 Å². The van der Waals surface area contributed by atoms with Gasteiger partial charge in [-0.15, -0.1) is 0 Å². The monoisotopic (exact) mass is 177 g/mol. The van der Waals surface area contributed by atoms with Gasteiger partial charge in [0, 0.05) is 0 Å². The lowest BCUT2D eigenvalue weighted by Crippen LogP contribution is -2.29. The van der Waals surface area contributed by atoms with Gasteiger partial charge in [0.2, 0.25) is 0 Å². The van der Waals surface area contributed by atoms with Crippen molar-refractivity contribution >= 4 is 0 Å². The van der Waals surface area contributed by atoms with Crippen molar-refractivity contribution in [2.45, 2.75) is 12.5 Å². The standard InChI is InChI=1S/C11H13O2/c1-3-11(2,12)9-13-10-7-5-4-6-8-10/h1,3-8,12H,9H2,2H3. The largest absolute Gasteiger partial charge is 0.490 e. The van der Waals surface area contributed by atoms with Crippen LogP contribution in [0.4, 0.5) is 0 Å². The van der Waals surface area contributed by atoms with Gasteiger partial charge in [-0.05, 0) is 19.1 Å². The Hall–Kier alpha value is -1.28. The van der Waals surface area contributed by atoms with Gasteiger partial charge in [0.25, 0.3) is 0 Å². The van der Waals surface area contributed by atoms with Gasteiger partial charge in [-0.2, -0.15) is 0 Å². The minimum Gasteiger partial charge on any atom is -0.490 e. The zero-order chi connectivity index (χ0) is 9.73. The smallest absolute Gasteiger partial charge is 0.120 e. The lowest BCUT2D eigenvalue weighted by Gasteiger charge is -2.18. The molecule has 0 heterocycles. The summed E-state index contributed by atoms with van der Waals surface area (Å²) in [7, 11) is 0. The van der Waals surface area contributed by atoms with E-state index in [-0.39, 0.29) is 6.61 Å². The zero-order valence-corrected chi connectivity index (χ0v) is 7.60. The van der Waals surface area contributed by atoms with Crippen molar-refractivity contribution < 1.29 is 9.84 Å². The molecule has 0 saturated carbocycles. The van der Waals surface area contributed by atoms with E-state index < -0.39 is 5.60 Å². The molecule has 0 bridgehead atoms. The van der Waals surface area contributed by atoms with Crippen LogP contribution in [-0.4, -0.2) is 17.3 Å². The molecule has 1 aromatic carbocycles. The molecule has 1 unspecified atom stereocenters. The van der Waals surface area contributed by atoms with Crippen molar-refractivity contribution in [2.24, 2.45) is 0 Å². The topological polar surface area (TPSA) is 29.5 Å². The molecule has 2 heteroatoms. The van der Waals surface area contributed by atoms with Crippen LogP contribution in [-0.2, 0) is 0 Å². The van der Waals surface area contributed by atoms with Gasteiger partial charge < -0.3 is 9.84 Å². The van der Waals surface area contributed by atoms with Gasteiger partial charge in [-0.3, -0.25) is 0 Å². The molecule has 2 nitrogen and oxygen atoms in total. The second kappa shape index (κ2) is 4.10. The number of para-hydroxylation sites is 1. The highest BCUT2D eigenvalue weighted by Gasteiger charge is 2.15. The maximum atomic E-state index is 9.48. The van der Waals surface area contributed by atoms with Crippen LogP contribution in [0.3, 0.4) is 0 Å². The van der Waals surface area contributed by atoms with Crippen molar-refractivity contribution in [3.63, 3.8) is 0 Å². The molecule has 69 valence electrons. The summed E-state index contributed by atoms with van der Waals surface area (Å²) in [5, 5.41) is 9.48. The summed E-state index contributed by atoms with van der Waals surface area (Å²) >= 11 is 0. The van der Waals surface area contributed by atoms with Crippen molar-refractivity contribution in [1.82, 2.24) is 0 Å². The molecular formula is C11H13O2. The van der Waals surface area contributed by atoms with E-state index in [4.69, 9.17) is 11.3 Å². The number of ether oxygens (including phenoxy) is 1. The fourth-order valence-electron chi connectivity index (χ4n) is 0.794. The molecule has 13 heavy (non-hydrogen) atoms. The Bertz CT molecular complexity index is 265. The summed E-state index contributed by atoms with van der Waals surface area (Å²) in [4.78, 5) is 0. The van der Waals surface area contributed by atoms with Crippen molar-refractivity contribution in [3.8, 4) is 5.75 Å². The summed E-state index contributed by atoms with van der Waals surface area (Å²) in [6.07, 6.45) is 1.22. The SMILES string of the molecule is [CH]=CC(C)(O)COc1ccccc1. The average molecular weight is 177 g/mol. The Kier molecular flexibility index (Phi) is 3.09. The Morgan fingerprint density at radius 2 is 2.08 bits per heavy atom. The third-order valence-corrected chi connectivity index (χ3v) is 1.63. The molecule has 0 amide bonds. The molecule has 1 radical (unpaired) electrons. The van der Waals surface area contributed by atoms with Crippen LogP contribution >= 0.6 is 0 Å². The summed E-state index contributed by atoms with van der Waals surface area (Å²) in [6.45, 7) is 6.97. The number of benzene rings is 1. The number of rotatable bonds is 4. The lowest BCUT2D eigenvalue weighted by atomic mass is 10.1. The van der Waals surface area contributed by atoms with E-state index in [1.165, 1.54) is 6.08 Å². The van der Waals surface area contributed by atoms with Crippen LogP contribution < -0.4 is 4.74 Å². The second-order valence-corrected chi connectivity index (χ2v) is 3.13. The summed E-state index contributed by atoms with van der Waals surface area (Å²) in [5.41, 5.74) is -1.07. The molecule has 0 fully saturated rings. The highest BCUT2D eigenvalue weighted by Crippen LogP contribution is 2.12. The highest BCUT2D eigenvalue weighted by atomic mass is 16.5. The molecule has 0 aromatic heterocycles. The highest BCUT2D eigenvalue weighted by molar-refractivity contribution is 5.21. The van der Waals surface area contributed by atoms with E-state index in [1.54, 1.807) is 6.92 Å². The fourth-order valence-corrected chi connectivity index (χ4v) is 0.794. The normalized spacial score (nSPS) is 14.6. The van der Waals surface area contributed by atoms with E-state index in [2.05, 4.69) is 0 Å². The van der Waals surface area contributed by atoms with Crippen LogP contribution in [0.1, 0.15) is 6.92 Å². The van der Waals surface area contributed by atoms with Crippen LogP contribution in [0.2, 0.25) is 0 Å². The second-order valence-electron chi connectivity index (χ2n) is 3.13. The van der Waals surface area contributed by atoms with Crippen LogP contribution in [0.25, 0.3) is 0 Å². The lowest BCUT2D eigenvalue weighted by molar-refractivity contribution is 0.0544. The summed E-state index contributed by atoms with van der Waals surface area (Å²) in [6, 6.07) is 9.30. The Balaban J connectivity index is 2.48. The molecule has 0 aliphatic heterocycles. The summed E-state index contributed by atoms with van der Waals surface area (Å²) in [5.74, 6) is 0.727. The molecule has 1 rings (SSSR count). The maximum Gasteiger partial charge on any atom is 0.120 e. The average Bonchev–Trinajstić information content (AvgIpc) is 2.17. The Morgan fingerprint density at radius 1 is 1.46 bits per heavy atom. The molecule has 0 saturated heterocycles. The Morgan fingerprint density at radius 3 is 2.62 bits per heavy atom. The van der Waals surface area contributed by atoms with Gasteiger partial charge in [0.1, 0.15) is 18.0 Å². The molecule has 0 aliphatic rings. The third-order valence-electron chi connectivity index (χ3n) is 1.63. The molecular weight excluding hydrogens is 164 g/mol. The summed E-state index contributed by atoms with van der Waals surface area (Å²) < 4.78 is 5.30. The fraction of sp³-hybridized carbons (Fsp3) is 0.273. The van der Waals surface area contributed by atoms with E-state index in [9.17, 15) is 5.11 Å². The predicted octanol–water partition coefficient (Wildman–Crippen LogP) is 1.81. The number of hydrogen-bond donors (Lipinski definition) is 1. The first-order chi connectivity index (χ1) is 6.14. The van der Waals surface area contributed by atoms with E-state index >= 15 is 0 Å². The number of hydrogen-bond acceptors (Lipinski definition) is 2. The molecule has 0 spiro atoms. The van der Waals surface area contributed by atoms with Crippen molar-refractivity contribution in [3.05, 3.63) is 43.0 Å². The molecule has 1 aromatic rings. The van der Waals surface area contributed by atoms with Crippen LogP contribution in [0.15, 0.2) is 36.4 Å². The van der Waals surface area contributed by atoms with Crippen molar-refractivity contribution in [1.29, 1.82) is 0 Å². The first-order valence-corrected chi connectivity index (χ1v) is 4.10. The molecule has 1 N–H and O–H groups in total.